The molecule has 9 nitrogen and oxygen atoms in total. The van der Waals surface area contributed by atoms with Crippen LogP contribution >= 0.6 is 19.4 Å². The second-order valence-corrected chi connectivity index (χ2v) is 7.86. The molecule has 148 valence electrons. The van der Waals surface area contributed by atoms with Crippen molar-refractivity contribution in [3.63, 3.8) is 0 Å². The van der Waals surface area contributed by atoms with Crippen molar-refractivity contribution in [2.45, 2.75) is 44.1 Å². The molecule has 2 aliphatic heterocycles. The van der Waals surface area contributed by atoms with E-state index in [1.54, 1.807) is 13.8 Å². The Morgan fingerprint density at radius 3 is 2.93 bits per heavy atom. The molecule has 2 aliphatic rings. The summed E-state index contributed by atoms with van der Waals surface area (Å²) in [7, 11) is -4.12. The number of hydrogen-bond acceptors (Lipinski definition) is 8. The van der Waals surface area contributed by atoms with Crippen molar-refractivity contribution in [1.29, 1.82) is 0 Å². The molecule has 1 unspecified atom stereocenters. The Kier molecular flexibility index (Phi) is 5.33. The van der Waals surface area contributed by atoms with Crippen molar-refractivity contribution >= 4 is 25.2 Å². The number of alkyl halides is 1. The minimum absolute atomic E-state index is 0.375. The van der Waals surface area contributed by atoms with Crippen molar-refractivity contribution in [3.05, 3.63) is 22.5 Å². The highest BCUT2D eigenvalue weighted by molar-refractivity contribution is 7.48. The van der Waals surface area contributed by atoms with Gasteiger partial charge in [0.05, 0.1) is 18.9 Å². The fourth-order valence-corrected chi connectivity index (χ4v) is 4.49. The quantitative estimate of drug-likeness (QED) is 0.575. The van der Waals surface area contributed by atoms with Crippen molar-refractivity contribution < 1.29 is 31.7 Å². The van der Waals surface area contributed by atoms with Crippen LogP contribution in [0.15, 0.2) is 11.0 Å². The molecule has 0 aliphatic carbocycles. The van der Waals surface area contributed by atoms with Crippen LogP contribution in [0, 0.1) is 17.1 Å². The summed E-state index contributed by atoms with van der Waals surface area (Å²) in [6.45, 7) is 2.78. The predicted molar refractivity (Wildman–Crippen MR) is 88.9 cm³/mol. The van der Waals surface area contributed by atoms with Gasteiger partial charge < -0.3 is 10.5 Å². The largest absolute Gasteiger partial charge is 0.475 e. The van der Waals surface area contributed by atoms with E-state index in [1.165, 1.54) is 0 Å². The molecule has 3 heterocycles. The third kappa shape index (κ3) is 3.61. The van der Waals surface area contributed by atoms with Crippen LogP contribution in [0.3, 0.4) is 0 Å². The standard InChI is InChI=1S/C14H15ClF2N3O6P/c1-7(2)25-27(22)23-6-9-10(26-27)14(17,3-4-15)12(24-9)20-5-8(16)11(18)19-13(20)21/h5,7,9-10,12H,6H2,1-2H3,(H2,18,19,21)/t9-,10-,12-,14-,27?/m1/s1. The van der Waals surface area contributed by atoms with E-state index >= 15 is 4.39 Å². The molecule has 13 heteroatoms. The number of halogens is 3. The first-order chi connectivity index (χ1) is 12.6. The lowest BCUT2D eigenvalue weighted by Gasteiger charge is -2.33. The highest BCUT2D eigenvalue weighted by Crippen LogP contribution is 2.60. The first-order valence-electron chi connectivity index (χ1n) is 7.72. The number of hydrogen-bond donors (Lipinski definition) is 1. The van der Waals surface area contributed by atoms with Gasteiger partial charge in [-0.3, -0.25) is 18.1 Å². The monoisotopic (exact) mass is 425 g/mol. The third-order valence-electron chi connectivity index (χ3n) is 3.82. The number of anilines is 1. The highest BCUT2D eigenvalue weighted by Gasteiger charge is 2.64. The van der Waals surface area contributed by atoms with Crippen LogP contribution in [0.4, 0.5) is 14.6 Å². The van der Waals surface area contributed by atoms with Crippen molar-refractivity contribution in [1.82, 2.24) is 9.55 Å². The Labute approximate surface area is 157 Å². The molecule has 0 saturated carbocycles. The number of nitrogens with zero attached hydrogens (tertiary/aromatic N) is 2. The van der Waals surface area contributed by atoms with Gasteiger partial charge in [-0.1, -0.05) is 0 Å². The normalized spacial score (nSPS) is 35.6. The first-order valence-corrected chi connectivity index (χ1v) is 9.56. The number of aromatic nitrogens is 2. The molecule has 3 rings (SSSR count). The van der Waals surface area contributed by atoms with Crippen molar-refractivity contribution in [2.24, 2.45) is 0 Å². The second-order valence-electron chi connectivity index (χ2n) is 6.10. The van der Waals surface area contributed by atoms with Crippen LogP contribution in [0.2, 0.25) is 0 Å². The van der Waals surface area contributed by atoms with Gasteiger partial charge in [0.25, 0.3) is 0 Å². The topological polar surface area (TPSA) is 115 Å². The van der Waals surface area contributed by atoms with Crippen LogP contribution in [0.1, 0.15) is 20.1 Å². The maximum atomic E-state index is 15.8. The molecular weight excluding hydrogens is 411 g/mol. The van der Waals surface area contributed by atoms with E-state index in [2.05, 4.69) is 4.98 Å². The summed E-state index contributed by atoms with van der Waals surface area (Å²) in [5, 5.41) is 1.86. The summed E-state index contributed by atoms with van der Waals surface area (Å²) in [6, 6.07) is 0. The number of fused-ring (bicyclic) bond motifs is 1. The van der Waals surface area contributed by atoms with E-state index in [0.717, 1.165) is 0 Å². The smallest absolute Gasteiger partial charge is 0.381 e. The molecule has 0 bridgehead atoms. The zero-order valence-corrected chi connectivity index (χ0v) is 15.7. The van der Waals surface area contributed by atoms with Gasteiger partial charge in [-0.2, -0.15) is 4.98 Å². The molecule has 27 heavy (non-hydrogen) atoms. The molecular formula is C14H15ClF2N3O6P. The Balaban J connectivity index is 2.04. The van der Waals surface area contributed by atoms with E-state index < -0.39 is 55.4 Å². The number of ether oxygens (including phenoxy) is 1. The summed E-state index contributed by atoms with van der Waals surface area (Å²) >= 11 is 5.37. The fourth-order valence-electron chi connectivity index (χ4n) is 2.76. The summed E-state index contributed by atoms with van der Waals surface area (Å²) < 4.78 is 63.5. The Morgan fingerprint density at radius 1 is 1.59 bits per heavy atom. The third-order valence-corrected chi connectivity index (χ3v) is 5.54. The number of rotatable bonds is 3. The van der Waals surface area contributed by atoms with Crippen LogP contribution in [0.25, 0.3) is 0 Å². The second kappa shape index (κ2) is 7.13. The first kappa shape index (κ1) is 20.2. The lowest BCUT2D eigenvalue weighted by molar-refractivity contribution is -0.0750. The van der Waals surface area contributed by atoms with E-state index in [0.29, 0.717) is 10.8 Å². The van der Waals surface area contributed by atoms with Gasteiger partial charge in [0.2, 0.25) is 5.67 Å². The molecule has 1 aromatic heterocycles. The summed E-state index contributed by atoms with van der Waals surface area (Å²) in [5.41, 5.74) is 1.37. The predicted octanol–water partition coefficient (Wildman–Crippen LogP) is 1.72. The molecule has 2 N–H and O–H groups in total. The molecule has 0 aromatic carbocycles. The Bertz CT molecular complexity index is 918. The number of phosphoric acid groups is 1. The van der Waals surface area contributed by atoms with Gasteiger partial charge >= 0.3 is 13.5 Å². The van der Waals surface area contributed by atoms with Gasteiger partial charge in [0.15, 0.2) is 17.9 Å². The molecule has 2 fully saturated rings. The number of nitrogens with two attached hydrogens (primary N) is 1. The average Bonchev–Trinajstić information content (AvgIpc) is 2.83. The zero-order chi connectivity index (χ0) is 20.0. The SMILES string of the molecule is CC(C)OP1(=O)OC[C@H]2O[C@@H](n3cc(F)c(N)nc3=O)[C@@](F)(C#CCl)[C@@H]2O1. The number of nitrogen functional groups attached to an aromatic ring is 1. The average molecular weight is 426 g/mol. The van der Waals surface area contributed by atoms with Crippen LogP contribution < -0.4 is 11.4 Å². The maximum absolute atomic E-state index is 15.8. The minimum Gasteiger partial charge on any atom is -0.381 e. The summed E-state index contributed by atoms with van der Waals surface area (Å²) in [6.07, 6.45) is -4.43. The van der Waals surface area contributed by atoms with Crippen LogP contribution in [0.5, 0.6) is 0 Å². The van der Waals surface area contributed by atoms with Crippen LogP contribution in [-0.2, 0) is 22.9 Å². The molecule has 1 aromatic rings. The molecule has 5 atom stereocenters. The number of phosphoric ester groups is 1. The Morgan fingerprint density at radius 2 is 2.30 bits per heavy atom. The van der Waals surface area contributed by atoms with Gasteiger partial charge in [-0.25, -0.2) is 18.1 Å². The molecule has 2 saturated heterocycles. The van der Waals surface area contributed by atoms with Crippen molar-refractivity contribution in [2.75, 3.05) is 12.3 Å². The maximum Gasteiger partial charge on any atom is 0.475 e. The molecule has 0 amide bonds. The van der Waals surface area contributed by atoms with E-state index in [1.807, 2.05) is 11.3 Å². The lowest BCUT2D eigenvalue weighted by Crippen LogP contribution is -2.47. The van der Waals surface area contributed by atoms with Gasteiger partial charge in [-0.05, 0) is 31.4 Å². The van der Waals surface area contributed by atoms with Crippen LogP contribution in [-0.4, -0.2) is 40.1 Å². The van der Waals surface area contributed by atoms with Gasteiger partial charge in [-0.15, -0.1) is 0 Å². The zero-order valence-electron chi connectivity index (χ0n) is 14.1. The Hall–Kier alpha value is -1.54. The van der Waals surface area contributed by atoms with E-state index in [4.69, 9.17) is 35.6 Å². The van der Waals surface area contributed by atoms with E-state index in [9.17, 15) is 13.8 Å². The lowest BCUT2D eigenvalue weighted by atomic mass is 9.97. The highest BCUT2D eigenvalue weighted by atomic mass is 35.5. The van der Waals surface area contributed by atoms with Gasteiger partial charge in [0.1, 0.15) is 12.2 Å². The minimum atomic E-state index is -4.12. The summed E-state index contributed by atoms with van der Waals surface area (Å²) in [4.78, 5) is 15.3. The molecule has 0 spiro atoms. The van der Waals surface area contributed by atoms with E-state index in [-0.39, 0.29) is 6.61 Å². The summed E-state index contributed by atoms with van der Waals surface area (Å²) in [5.74, 6) is 0.319. The molecule has 0 radical (unpaired) electrons. The van der Waals surface area contributed by atoms with Crippen molar-refractivity contribution in [3.8, 4) is 11.3 Å². The van der Waals surface area contributed by atoms with Gasteiger partial charge in [0, 0.05) is 5.38 Å². The fraction of sp³-hybridized carbons (Fsp3) is 0.571.